The zero-order valence-corrected chi connectivity index (χ0v) is 12.0. The number of fused-ring (bicyclic) bond motifs is 1. The van der Waals surface area contributed by atoms with Crippen molar-refractivity contribution in [1.82, 2.24) is 19.7 Å². The van der Waals surface area contributed by atoms with Crippen LogP contribution in [0.25, 0.3) is 22.3 Å². The molecule has 0 saturated heterocycles. The molecule has 1 aliphatic rings. The molecule has 110 valence electrons. The Morgan fingerprint density at radius 2 is 2.27 bits per heavy atom. The first-order valence-corrected chi connectivity index (χ1v) is 7.16. The van der Waals surface area contributed by atoms with Crippen molar-refractivity contribution in [3.8, 4) is 17.3 Å². The van der Waals surface area contributed by atoms with Crippen molar-refractivity contribution < 1.29 is 4.52 Å². The van der Waals surface area contributed by atoms with E-state index in [1.165, 1.54) is 6.33 Å². The van der Waals surface area contributed by atoms with Gasteiger partial charge in [-0.3, -0.25) is 0 Å². The van der Waals surface area contributed by atoms with Gasteiger partial charge in [-0.25, -0.2) is 9.97 Å². The van der Waals surface area contributed by atoms with Gasteiger partial charge in [0.1, 0.15) is 35.3 Å². The molecule has 1 atom stereocenters. The number of anilines is 1. The summed E-state index contributed by atoms with van der Waals surface area (Å²) in [6, 6.07) is 3.79. The van der Waals surface area contributed by atoms with Crippen LogP contribution >= 0.6 is 0 Å². The summed E-state index contributed by atoms with van der Waals surface area (Å²) >= 11 is 0. The highest BCUT2D eigenvalue weighted by molar-refractivity contribution is 5.99. The molecule has 1 saturated carbocycles. The topological polar surface area (TPSA) is 107 Å². The number of nitrogen functional groups attached to an aromatic ring is 1. The lowest BCUT2D eigenvalue weighted by molar-refractivity contribution is 0.386. The molecule has 22 heavy (non-hydrogen) atoms. The monoisotopic (exact) mass is 294 g/mol. The second-order valence-electron chi connectivity index (χ2n) is 5.60. The highest BCUT2D eigenvalue weighted by atomic mass is 16.5. The number of hydrogen-bond donors (Lipinski definition) is 1. The van der Waals surface area contributed by atoms with Gasteiger partial charge < -0.3 is 14.8 Å². The molecule has 0 aliphatic heterocycles. The minimum absolute atomic E-state index is 0.361. The quantitative estimate of drug-likeness (QED) is 0.795. The molecule has 7 nitrogen and oxygen atoms in total. The third-order valence-corrected chi connectivity index (χ3v) is 4.03. The van der Waals surface area contributed by atoms with Crippen molar-refractivity contribution in [3.05, 3.63) is 24.4 Å². The van der Waals surface area contributed by atoms with E-state index in [1.54, 1.807) is 11.5 Å². The lowest BCUT2D eigenvalue weighted by atomic mass is 10.1. The summed E-state index contributed by atoms with van der Waals surface area (Å²) in [4.78, 5) is 8.33. The van der Waals surface area contributed by atoms with Crippen molar-refractivity contribution >= 4 is 16.9 Å². The van der Waals surface area contributed by atoms with Crippen LogP contribution in [0.5, 0.6) is 0 Å². The van der Waals surface area contributed by atoms with Crippen LogP contribution in [-0.2, 0) is 0 Å². The van der Waals surface area contributed by atoms with Crippen molar-refractivity contribution in [1.29, 1.82) is 5.26 Å². The number of nitriles is 1. The molecule has 0 radical (unpaired) electrons. The molecule has 1 aliphatic carbocycles. The van der Waals surface area contributed by atoms with E-state index in [-0.39, 0.29) is 6.04 Å². The molecule has 0 amide bonds. The minimum Gasteiger partial charge on any atom is -0.383 e. The van der Waals surface area contributed by atoms with Crippen molar-refractivity contribution in [3.63, 3.8) is 0 Å². The smallest absolute Gasteiger partial charge is 0.147 e. The third-order valence-electron chi connectivity index (χ3n) is 4.03. The maximum atomic E-state index is 9.20. The van der Waals surface area contributed by atoms with Gasteiger partial charge in [0.05, 0.1) is 11.5 Å². The fraction of sp³-hybridized carbons (Fsp3) is 0.333. The molecule has 3 aromatic heterocycles. The summed E-state index contributed by atoms with van der Waals surface area (Å²) in [6.07, 6.45) is 5.54. The van der Waals surface area contributed by atoms with Gasteiger partial charge in [0.2, 0.25) is 0 Å². The van der Waals surface area contributed by atoms with Crippen LogP contribution in [0.1, 0.15) is 37.5 Å². The van der Waals surface area contributed by atoms with Crippen LogP contribution in [-0.4, -0.2) is 19.7 Å². The maximum absolute atomic E-state index is 9.20. The average Bonchev–Trinajstić information content (AvgIpc) is 3.12. The fourth-order valence-corrected chi connectivity index (χ4v) is 2.64. The molecule has 2 N–H and O–H groups in total. The zero-order chi connectivity index (χ0) is 15.3. The van der Waals surface area contributed by atoms with Gasteiger partial charge in [0.15, 0.2) is 0 Å². The minimum atomic E-state index is -0.361. The molecule has 7 heteroatoms. The lowest BCUT2D eigenvalue weighted by Crippen LogP contribution is -2.02. The summed E-state index contributed by atoms with van der Waals surface area (Å²) in [6.45, 7) is 1.81. The Bertz CT molecular complexity index is 899. The molecule has 4 rings (SSSR count). The SMILES string of the molecule is CC(C#N)n1cc(-c2cc(C3CC3)on2)c2c(N)ncnc21. The van der Waals surface area contributed by atoms with Gasteiger partial charge in [-0.1, -0.05) is 5.16 Å². The lowest BCUT2D eigenvalue weighted by Gasteiger charge is -2.05. The standard InChI is InChI=1S/C15H14N6O/c1-8(5-16)21-6-10(13-14(17)18-7-19-15(13)21)11-4-12(22-20-11)9-2-3-9/h4,6-9H,2-3H2,1H3,(H2,17,18,19). The van der Waals surface area contributed by atoms with E-state index in [4.69, 9.17) is 10.3 Å². The first kappa shape index (κ1) is 12.8. The van der Waals surface area contributed by atoms with E-state index < -0.39 is 0 Å². The van der Waals surface area contributed by atoms with Crippen molar-refractivity contribution in [2.45, 2.75) is 31.7 Å². The van der Waals surface area contributed by atoms with E-state index >= 15 is 0 Å². The fourth-order valence-electron chi connectivity index (χ4n) is 2.64. The van der Waals surface area contributed by atoms with Crippen molar-refractivity contribution in [2.75, 3.05) is 5.73 Å². The first-order valence-electron chi connectivity index (χ1n) is 7.16. The van der Waals surface area contributed by atoms with E-state index in [0.717, 1.165) is 24.2 Å². The second-order valence-corrected chi connectivity index (χ2v) is 5.60. The Hall–Kier alpha value is -2.88. The Balaban J connectivity index is 1.94. The molecule has 0 aromatic carbocycles. The van der Waals surface area contributed by atoms with Crippen LogP contribution in [0.15, 0.2) is 23.1 Å². The number of hydrogen-bond acceptors (Lipinski definition) is 6. The zero-order valence-electron chi connectivity index (χ0n) is 12.0. The summed E-state index contributed by atoms with van der Waals surface area (Å²) in [5, 5.41) is 14.1. The van der Waals surface area contributed by atoms with Crippen LogP contribution < -0.4 is 5.73 Å². The van der Waals surface area contributed by atoms with Crippen LogP contribution in [0.2, 0.25) is 0 Å². The van der Waals surface area contributed by atoms with E-state index in [1.807, 2.05) is 12.3 Å². The molecule has 3 heterocycles. The van der Waals surface area contributed by atoms with E-state index in [2.05, 4.69) is 21.2 Å². The van der Waals surface area contributed by atoms with Gasteiger partial charge in [0, 0.05) is 23.7 Å². The first-order chi connectivity index (χ1) is 10.7. The normalized spacial score (nSPS) is 15.8. The highest BCUT2D eigenvalue weighted by Gasteiger charge is 2.29. The Kier molecular flexibility index (Phi) is 2.66. The van der Waals surface area contributed by atoms with Crippen molar-refractivity contribution in [2.24, 2.45) is 0 Å². The Labute approximate surface area is 126 Å². The van der Waals surface area contributed by atoms with Gasteiger partial charge >= 0.3 is 0 Å². The van der Waals surface area contributed by atoms with Crippen LogP contribution in [0, 0.1) is 11.3 Å². The average molecular weight is 294 g/mol. The molecule has 1 unspecified atom stereocenters. The second kappa shape index (κ2) is 4.56. The largest absolute Gasteiger partial charge is 0.383 e. The highest BCUT2D eigenvalue weighted by Crippen LogP contribution is 2.42. The number of rotatable bonds is 3. The van der Waals surface area contributed by atoms with E-state index in [0.29, 0.717) is 28.5 Å². The molecule has 1 fully saturated rings. The molecule has 0 bridgehead atoms. The van der Waals surface area contributed by atoms with Gasteiger partial charge in [-0.15, -0.1) is 0 Å². The molecule has 3 aromatic rings. The predicted octanol–water partition coefficient (Wildman–Crippen LogP) is 2.63. The Morgan fingerprint density at radius 1 is 1.45 bits per heavy atom. The molecular formula is C15H14N6O. The summed E-state index contributed by atoms with van der Waals surface area (Å²) < 4.78 is 7.21. The van der Waals surface area contributed by atoms with Crippen LogP contribution in [0.3, 0.4) is 0 Å². The number of aromatic nitrogens is 4. The molecule has 0 spiro atoms. The van der Waals surface area contributed by atoms with Gasteiger partial charge in [0.25, 0.3) is 0 Å². The summed E-state index contributed by atoms with van der Waals surface area (Å²) in [5.41, 5.74) is 8.16. The summed E-state index contributed by atoms with van der Waals surface area (Å²) in [5.74, 6) is 1.76. The maximum Gasteiger partial charge on any atom is 0.147 e. The predicted molar refractivity (Wildman–Crippen MR) is 79.7 cm³/mol. The number of nitrogens with zero attached hydrogens (tertiary/aromatic N) is 5. The van der Waals surface area contributed by atoms with Crippen LogP contribution in [0.4, 0.5) is 5.82 Å². The summed E-state index contributed by atoms with van der Waals surface area (Å²) in [7, 11) is 0. The van der Waals surface area contributed by atoms with E-state index in [9.17, 15) is 5.26 Å². The third kappa shape index (κ3) is 1.84. The van der Waals surface area contributed by atoms with Gasteiger partial charge in [-0.05, 0) is 19.8 Å². The number of nitrogens with two attached hydrogens (primary N) is 1. The molecular weight excluding hydrogens is 280 g/mol. The van der Waals surface area contributed by atoms with Gasteiger partial charge in [-0.2, -0.15) is 5.26 Å². The Morgan fingerprint density at radius 3 is 3.00 bits per heavy atom.